The molecule has 0 fully saturated rings. The molecule has 7 heteroatoms. The normalized spacial score (nSPS) is 11.6. The first-order valence-electron chi connectivity index (χ1n) is 9.60. The maximum Gasteiger partial charge on any atom is 0.261 e. The molecule has 0 aliphatic rings. The molecule has 0 spiro atoms. The van der Waals surface area contributed by atoms with E-state index in [1.54, 1.807) is 31.2 Å². The zero-order chi connectivity index (χ0) is 21.2. The minimum absolute atomic E-state index is 0.176. The number of benzene rings is 2. The number of amides is 2. The summed E-state index contributed by atoms with van der Waals surface area (Å²) in [7, 11) is 0. The molecule has 0 heterocycles. The van der Waals surface area contributed by atoms with Gasteiger partial charge in [0.1, 0.15) is 11.8 Å². The molecule has 0 aliphatic heterocycles. The molecule has 0 aliphatic carbocycles. The highest BCUT2D eigenvalue weighted by atomic mass is 79.9. The van der Waals surface area contributed by atoms with Crippen LogP contribution in [0.15, 0.2) is 53.0 Å². The minimum Gasteiger partial charge on any atom is -0.484 e. The summed E-state index contributed by atoms with van der Waals surface area (Å²) in [6.45, 7) is 4.51. The molecule has 2 amide bonds. The van der Waals surface area contributed by atoms with E-state index in [4.69, 9.17) is 16.3 Å². The van der Waals surface area contributed by atoms with Crippen molar-refractivity contribution in [1.82, 2.24) is 10.2 Å². The van der Waals surface area contributed by atoms with E-state index < -0.39 is 6.04 Å². The molecule has 0 saturated heterocycles. The average Bonchev–Trinajstić information content (AvgIpc) is 2.70. The van der Waals surface area contributed by atoms with Crippen LogP contribution in [0.2, 0.25) is 5.02 Å². The predicted molar refractivity (Wildman–Crippen MR) is 119 cm³/mol. The lowest BCUT2D eigenvalue weighted by Gasteiger charge is -2.29. The maximum absolute atomic E-state index is 12.9. The van der Waals surface area contributed by atoms with Crippen molar-refractivity contribution >= 4 is 39.3 Å². The molecule has 2 aromatic rings. The van der Waals surface area contributed by atoms with Gasteiger partial charge in [0.05, 0.1) is 0 Å². The lowest BCUT2D eigenvalue weighted by atomic mass is 10.1. The molecule has 156 valence electrons. The van der Waals surface area contributed by atoms with E-state index in [-0.39, 0.29) is 18.4 Å². The Morgan fingerprint density at radius 1 is 1.21 bits per heavy atom. The van der Waals surface area contributed by atoms with E-state index in [2.05, 4.69) is 28.2 Å². The Morgan fingerprint density at radius 2 is 1.97 bits per heavy atom. The van der Waals surface area contributed by atoms with Gasteiger partial charge in [-0.1, -0.05) is 59.1 Å². The fourth-order valence-electron chi connectivity index (χ4n) is 2.74. The highest BCUT2D eigenvalue weighted by Crippen LogP contribution is 2.18. The van der Waals surface area contributed by atoms with Crippen LogP contribution in [0.4, 0.5) is 0 Å². The van der Waals surface area contributed by atoms with E-state index in [0.717, 1.165) is 22.9 Å². The molecular formula is C22H26BrClN2O3. The van der Waals surface area contributed by atoms with Gasteiger partial charge in [-0.2, -0.15) is 0 Å². The Balaban J connectivity index is 2.11. The topological polar surface area (TPSA) is 58.6 Å². The molecule has 0 radical (unpaired) electrons. The van der Waals surface area contributed by atoms with Crippen molar-refractivity contribution in [1.29, 1.82) is 0 Å². The fraction of sp³-hybridized carbons (Fsp3) is 0.364. The second-order valence-electron chi connectivity index (χ2n) is 6.72. The molecular weight excluding hydrogens is 456 g/mol. The number of hydrogen-bond acceptors (Lipinski definition) is 3. The van der Waals surface area contributed by atoms with E-state index in [1.165, 1.54) is 4.90 Å². The summed E-state index contributed by atoms with van der Waals surface area (Å²) in [5.74, 6) is 0.0564. The number of hydrogen-bond donors (Lipinski definition) is 1. The van der Waals surface area contributed by atoms with Crippen molar-refractivity contribution in [2.24, 2.45) is 0 Å². The van der Waals surface area contributed by atoms with Gasteiger partial charge in [-0.05, 0) is 49.2 Å². The van der Waals surface area contributed by atoms with Crippen LogP contribution in [-0.2, 0) is 16.1 Å². The first kappa shape index (κ1) is 23.2. The van der Waals surface area contributed by atoms with Crippen LogP contribution < -0.4 is 10.1 Å². The van der Waals surface area contributed by atoms with Crippen molar-refractivity contribution < 1.29 is 14.3 Å². The standard InChI is InChI=1S/C22H26BrClN2O3/c1-3-4-11-25-22(28)16(2)26(14-17-7-5-8-18(23)12-17)21(27)15-29-20-10-6-9-19(24)13-20/h5-10,12-13,16H,3-4,11,14-15H2,1-2H3,(H,25,28). The molecule has 1 unspecified atom stereocenters. The van der Waals surface area contributed by atoms with Crippen molar-refractivity contribution in [2.75, 3.05) is 13.2 Å². The van der Waals surface area contributed by atoms with Crippen LogP contribution in [0, 0.1) is 0 Å². The van der Waals surface area contributed by atoms with Gasteiger partial charge in [-0.25, -0.2) is 0 Å². The van der Waals surface area contributed by atoms with E-state index in [9.17, 15) is 9.59 Å². The van der Waals surface area contributed by atoms with Gasteiger partial charge in [0, 0.05) is 22.6 Å². The fourth-order valence-corrected chi connectivity index (χ4v) is 3.36. The molecule has 0 saturated carbocycles. The Labute approximate surface area is 185 Å². The highest BCUT2D eigenvalue weighted by Gasteiger charge is 2.26. The van der Waals surface area contributed by atoms with Crippen molar-refractivity contribution in [3.05, 3.63) is 63.6 Å². The Bertz CT molecular complexity index is 831. The van der Waals surface area contributed by atoms with E-state index in [0.29, 0.717) is 23.9 Å². The molecule has 1 N–H and O–H groups in total. The Kier molecular flexibility index (Phi) is 9.48. The third kappa shape index (κ3) is 7.71. The third-order valence-electron chi connectivity index (χ3n) is 4.40. The number of halogens is 2. The van der Waals surface area contributed by atoms with E-state index >= 15 is 0 Å². The van der Waals surface area contributed by atoms with Crippen molar-refractivity contribution in [3.63, 3.8) is 0 Å². The quantitative estimate of drug-likeness (QED) is 0.495. The second-order valence-corrected chi connectivity index (χ2v) is 8.07. The first-order chi connectivity index (χ1) is 13.9. The summed E-state index contributed by atoms with van der Waals surface area (Å²) in [5, 5.41) is 3.43. The largest absolute Gasteiger partial charge is 0.484 e. The number of nitrogens with one attached hydrogen (secondary N) is 1. The van der Waals surface area contributed by atoms with Crippen LogP contribution in [0.1, 0.15) is 32.3 Å². The zero-order valence-electron chi connectivity index (χ0n) is 16.7. The van der Waals surface area contributed by atoms with Crippen molar-refractivity contribution in [2.45, 2.75) is 39.3 Å². The Morgan fingerprint density at radius 3 is 2.66 bits per heavy atom. The second kappa shape index (κ2) is 11.8. The smallest absolute Gasteiger partial charge is 0.261 e. The number of unbranched alkanes of at least 4 members (excludes halogenated alkanes) is 1. The first-order valence-corrected chi connectivity index (χ1v) is 10.8. The minimum atomic E-state index is -0.624. The summed E-state index contributed by atoms with van der Waals surface area (Å²) in [5.41, 5.74) is 0.920. The van der Waals surface area contributed by atoms with Crippen LogP contribution in [0.25, 0.3) is 0 Å². The van der Waals surface area contributed by atoms with Gasteiger partial charge in [0.25, 0.3) is 5.91 Å². The summed E-state index contributed by atoms with van der Waals surface area (Å²) in [4.78, 5) is 27.0. The zero-order valence-corrected chi connectivity index (χ0v) is 19.0. The lowest BCUT2D eigenvalue weighted by Crippen LogP contribution is -2.49. The molecule has 2 aromatic carbocycles. The highest BCUT2D eigenvalue weighted by molar-refractivity contribution is 9.10. The molecule has 2 rings (SSSR count). The van der Waals surface area contributed by atoms with E-state index in [1.807, 2.05) is 24.3 Å². The third-order valence-corrected chi connectivity index (χ3v) is 5.13. The Hall–Kier alpha value is -2.05. The summed E-state index contributed by atoms with van der Waals surface area (Å²) in [6, 6.07) is 13.9. The van der Waals surface area contributed by atoms with Gasteiger partial charge >= 0.3 is 0 Å². The number of nitrogens with zero attached hydrogens (tertiary/aromatic N) is 1. The van der Waals surface area contributed by atoms with Crippen LogP contribution in [0.3, 0.4) is 0 Å². The number of ether oxygens (including phenoxy) is 1. The van der Waals surface area contributed by atoms with Gasteiger partial charge in [-0.3, -0.25) is 9.59 Å². The van der Waals surface area contributed by atoms with Gasteiger partial charge in [-0.15, -0.1) is 0 Å². The van der Waals surface area contributed by atoms with Crippen molar-refractivity contribution in [3.8, 4) is 5.75 Å². The summed E-state index contributed by atoms with van der Waals surface area (Å²) >= 11 is 9.41. The summed E-state index contributed by atoms with van der Waals surface area (Å²) < 4.78 is 6.52. The predicted octanol–water partition coefficient (Wildman–Crippen LogP) is 4.81. The molecule has 0 bridgehead atoms. The monoisotopic (exact) mass is 480 g/mol. The molecule has 0 aromatic heterocycles. The average molecular weight is 482 g/mol. The summed E-state index contributed by atoms with van der Waals surface area (Å²) in [6.07, 6.45) is 1.89. The van der Waals surface area contributed by atoms with Crippen LogP contribution in [0.5, 0.6) is 5.75 Å². The van der Waals surface area contributed by atoms with Crippen LogP contribution in [-0.4, -0.2) is 35.9 Å². The van der Waals surface area contributed by atoms with Gasteiger partial charge < -0.3 is 15.0 Å². The van der Waals surface area contributed by atoms with Gasteiger partial charge in [0.15, 0.2) is 6.61 Å². The lowest BCUT2D eigenvalue weighted by molar-refractivity contribution is -0.142. The van der Waals surface area contributed by atoms with Crippen LogP contribution >= 0.6 is 27.5 Å². The number of rotatable bonds is 10. The number of carbonyl (C=O) groups is 2. The van der Waals surface area contributed by atoms with Gasteiger partial charge in [0.2, 0.25) is 5.91 Å². The maximum atomic E-state index is 12.9. The SMILES string of the molecule is CCCCNC(=O)C(C)N(Cc1cccc(Br)c1)C(=O)COc1cccc(Cl)c1. The molecule has 29 heavy (non-hydrogen) atoms. The number of carbonyl (C=O) groups excluding carboxylic acids is 2. The molecule has 5 nitrogen and oxygen atoms in total. The molecule has 1 atom stereocenters.